The molecule has 1 fully saturated rings. The maximum atomic E-state index is 12.7. The number of pyridine rings is 1. The van der Waals surface area contributed by atoms with Crippen LogP contribution in [0.1, 0.15) is 12.8 Å². The number of anilines is 1. The Morgan fingerprint density at radius 2 is 1.96 bits per heavy atom. The summed E-state index contributed by atoms with van der Waals surface area (Å²) in [5.41, 5.74) is 0.703. The molecule has 3 rings (SSSR count). The highest BCUT2D eigenvalue weighted by Gasteiger charge is 2.33. The summed E-state index contributed by atoms with van der Waals surface area (Å²) in [4.78, 5) is 16.4. The Hall–Kier alpha value is -1.96. The molecule has 1 aromatic carbocycles. The summed E-state index contributed by atoms with van der Waals surface area (Å²) in [6, 6.07) is 12.0. The highest BCUT2D eigenvalue weighted by molar-refractivity contribution is 7.89. The van der Waals surface area contributed by atoms with E-state index in [-0.39, 0.29) is 28.4 Å². The average Bonchev–Trinajstić information content (AvgIpc) is 2.63. The van der Waals surface area contributed by atoms with Crippen molar-refractivity contribution < 1.29 is 13.2 Å². The minimum atomic E-state index is -3.69. The van der Waals surface area contributed by atoms with Gasteiger partial charge in [0.05, 0.1) is 5.92 Å². The number of piperidine rings is 1. The molecule has 1 unspecified atom stereocenters. The summed E-state index contributed by atoms with van der Waals surface area (Å²) < 4.78 is 26.8. The molecule has 132 valence electrons. The van der Waals surface area contributed by atoms with Gasteiger partial charge in [0.15, 0.2) is 0 Å². The van der Waals surface area contributed by atoms with Crippen LogP contribution in [0, 0.1) is 5.92 Å². The van der Waals surface area contributed by atoms with Crippen molar-refractivity contribution in [2.24, 2.45) is 5.92 Å². The first kappa shape index (κ1) is 17.8. The van der Waals surface area contributed by atoms with Gasteiger partial charge in [-0.25, -0.2) is 13.4 Å². The van der Waals surface area contributed by atoms with Crippen molar-refractivity contribution in [3.8, 4) is 0 Å². The van der Waals surface area contributed by atoms with E-state index in [0.717, 1.165) is 0 Å². The van der Waals surface area contributed by atoms with Gasteiger partial charge in [0, 0.05) is 25.0 Å². The Morgan fingerprint density at radius 1 is 1.20 bits per heavy atom. The lowest BCUT2D eigenvalue weighted by molar-refractivity contribution is -0.120. The van der Waals surface area contributed by atoms with Gasteiger partial charge in [-0.05, 0) is 37.1 Å². The molecule has 1 aliphatic rings. The Bertz CT molecular complexity index is 841. The zero-order chi connectivity index (χ0) is 17.9. The van der Waals surface area contributed by atoms with Gasteiger partial charge in [0.25, 0.3) is 0 Å². The molecule has 6 nitrogen and oxygen atoms in total. The van der Waals surface area contributed by atoms with Crippen LogP contribution in [0.5, 0.6) is 0 Å². The fourth-order valence-electron chi connectivity index (χ4n) is 2.80. The first-order valence-corrected chi connectivity index (χ1v) is 9.76. The molecular weight excluding hydrogens is 362 g/mol. The highest BCUT2D eigenvalue weighted by atomic mass is 35.5. The molecule has 1 N–H and O–H groups in total. The van der Waals surface area contributed by atoms with Gasteiger partial charge in [-0.3, -0.25) is 4.79 Å². The second kappa shape index (κ2) is 7.51. The fourth-order valence-corrected chi connectivity index (χ4v) is 4.39. The first-order chi connectivity index (χ1) is 12.0. The number of para-hydroxylation sites is 1. The van der Waals surface area contributed by atoms with Gasteiger partial charge < -0.3 is 5.32 Å². The van der Waals surface area contributed by atoms with E-state index in [1.165, 1.54) is 22.6 Å². The quantitative estimate of drug-likeness (QED) is 0.828. The number of carbonyl (C=O) groups excluding carboxylic acids is 1. The van der Waals surface area contributed by atoms with Crippen LogP contribution in [0.4, 0.5) is 5.69 Å². The summed E-state index contributed by atoms with van der Waals surface area (Å²) in [6.07, 6.45) is 2.53. The molecule has 8 heteroatoms. The van der Waals surface area contributed by atoms with E-state index < -0.39 is 10.0 Å². The van der Waals surface area contributed by atoms with Crippen LogP contribution in [-0.4, -0.2) is 36.7 Å². The minimum absolute atomic E-state index is 0.0843. The van der Waals surface area contributed by atoms with Crippen molar-refractivity contribution in [2.45, 2.75) is 17.7 Å². The maximum absolute atomic E-state index is 12.7. The van der Waals surface area contributed by atoms with E-state index in [4.69, 9.17) is 11.6 Å². The molecule has 0 saturated carbocycles. The molecule has 1 amide bonds. The third kappa shape index (κ3) is 4.18. The van der Waals surface area contributed by atoms with E-state index in [2.05, 4.69) is 10.3 Å². The van der Waals surface area contributed by atoms with Gasteiger partial charge in [0.2, 0.25) is 15.9 Å². The maximum Gasteiger partial charge on any atom is 0.244 e. The van der Waals surface area contributed by atoms with Gasteiger partial charge >= 0.3 is 0 Å². The number of rotatable bonds is 4. The Balaban J connectivity index is 1.72. The molecule has 0 aliphatic carbocycles. The zero-order valence-corrected chi connectivity index (χ0v) is 15.0. The predicted molar refractivity (Wildman–Crippen MR) is 95.8 cm³/mol. The molecule has 25 heavy (non-hydrogen) atoms. The van der Waals surface area contributed by atoms with Crippen LogP contribution < -0.4 is 5.32 Å². The van der Waals surface area contributed by atoms with Crippen molar-refractivity contribution in [1.29, 1.82) is 0 Å². The summed E-state index contributed by atoms with van der Waals surface area (Å²) >= 11 is 5.72. The normalized spacial score (nSPS) is 18.7. The molecule has 0 bridgehead atoms. The number of aromatic nitrogens is 1. The van der Waals surface area contributed by atoms with Crippen molar-refractivity contribution in [1.82, 2.24) is 9.29 Å². The second-order valence-electron chi connectivity index (χ2n) is 5.87. The highest BCUT2D eigenvalue weighted by Crippen LogP contribution is 2.25. The lowest BCUT2D eigenvalue weighted by atomic mass is 9.99. The van der Waals surface area contributed by atoms with Crippen LogP contribution in [0.3, 0.4) is 0 Å². The number of nitrogens with zero attached hydrogens (tertiary/aromatic N) is 2. The molecule has 1 aliphatic heterocycles. The van der Waals surface area contributed by atoms with E-state index in [0.29, 0.717) is 25.1 Å². The summed E-state index contributed by atoms with van der Waals surface area (Å²) in [6.45, 7) is 0.545. The van der Waals surface area contributed by atoms with Crippen LogP contribution in [-0.2, 0) is 14.8 Å². The van der Waals surface area contributed by atoms with Crippen LogP contribution in [0.2, 0.25) is 5.15 Å². The number of nitrogens with one attached hydrogen (secondary N) is 1. The SMILES string of the molecule is O=C(Nc1ccccc1)C1CCCN(S(=O)(=O)c2ccc(Cl)nc2)C1. The third-order valence-electron chi connectivity index (χ3n) is 4.13. The number of halogens is 1. The molecule has 1 aromatic heterocycles. The van der Waals surface area contributed by atoms with Gasteiger partial charge in [-0.1, -0.05) is 29.8 Å². The molecule has 2 heterocycles. The Kier molecular flexibility index (Phi) is 5.36. The van der Waals surface area contributed by atoms with Crippen molar-refractivity contribution in [2.75, 3.05) is 18.4 Å². The van der Waals surface area contributed by atoms with Gasteiger partial charge in [0.1, 0.15) is 10.0 Å². The lowest BCUT2D eigenvalue weighted by Gasteiger charge is -2.31. The summed E-state index contributed by atoms with van der Waals surface area (Å²) in [7, 11) is -3.69. The number of hydrogen-bond acceptors (Lipinski definition) is 4. The predicted octanol–water partition coefficient (Wildman–Crippen LogP) is 2.77. The number of carbonyl (C=O) groups is 1. The first-order valence-electron chi connectivity index (χ1n) is 7.94. The molecule has 1 saturated heterocycles. The smallest absolute Gasteiger partial charge is 0.244 e. The van der Waals surface area contributed by atoms with Gasteiger partial charge in [-0.2, -0.15) is 4.31 Å². The van der Waals surface area contributed by atoms with Crippen molar-refractivity contribution in [3.05, 3.63) is 53.8 Å². The number of amides is 1. The molecule has 0 radical (unpaired) electrons. The molecular formula is C17H18ClN3O3S. The van der Waals surface area contributed by atoms with E-state index in [1.54, 1.807) is 12.1 Å². The fraction of sp³-hybridized carbons (Fsp3) is 0.294. The van der Waals surface area contributed by atoms with Crippen LogP contribution in [0.15, 0.2) is 53.6 Å². The summed E-state index contributed by atoms with van der Waals surface area (Å²) in [5, 5.41) is 3.07. The van der Waals surface area contributed by atoms with E-state index >= 15 is 0 Å². The largest absolute Gasteiger partial charge is 0.326 e. The third-order valence-corrected chi connectivity index (χ3v) is 6.21. The Labute approximate surface area is 151 Å². The summed E-state index contributed by atoms with van der Waals surface area (Å²) in [5.74, 6) is -0.552. The monoisotopic (exact) mass is 379 g/mol. The molecule has 1 atom stereocenters. The number of benzene rings is 1. The topological polar surface area (TPSA) is 79.4 Å². The molecule has 0 spiro atoms. The number of sulfonamides is 1. The number of hydrogen-bond donors (Lipinski definition) is 1. The van der Waals surface area contributed by atoms with Crippen LogP contribution in [0.25, 0.3) is 0 Å². The standard InChI is InChI=1S/C17H18ClN3O3S/c18-16-9-8-15(11-19-16)25(23,24)21-10-4-5-13(12-21)17(22)20-14-6-2-1-3-7-14/h1-3,6-9,11,13H,4-5,10,12H2,(H,20,22). The molecule has 2 aromatic rings. The van der Waals surface area contributed by atoms with E-state index in [9.17, 15) is 13.2 Å². The Morgan fingerprint density at radius 3 is 2.64 bits per heavy atom. The van der Waals surface area contributed by atoms with Crippen LogP contribution >= 0.6 is 11.6 Å². The average molecular weight is 380 g/mol. The van der Waals surface area contributed by atoms with Crippen molar-refractivity contribution >= 4 is 33.2 Å². The van der Waals surface area contributed by atoms with Crippen molar-refractivity contribution in [3.63, 3.8) is 0 Å². The zero-order valence-electron chi connectivity index (χ0n) is 13.4. The second-order valence-corrected chi connectivity index (χ2v) is 8.20. The minimum Gasteiger partial charge on any atom is -0.326 e. The van der Waals surface area contributed by atoms with E-state index in [1.807, 2.05) is 18.2 Å². The van der Waals surface area contributed by atoms with Gasteiger partial charge in [-0.15, -0.1) is 0 Å². The lowest BCUT2D eigenvalue weighted by Crippen LogP contribution is -2.43.